The Morgan fingerprint density at radius 2 is 2.18 bits per heavy atom. The third kappa shape index (κ3) is 3.54. The molecule has 4 heteroatoms. The van der Waals surface area contributed by atoms with Crippen LogP contribution in [0.3, 0.4) is 0 Å². The van der Waals surface area contributed by atoms with Gasteiger partial charge in [-0.2, -0.15) is 0 Å². The molecule has 0 aromatic carbocycles. The Balaban J connectivity index is 1.71. The fourth-order valence-corrected chi connectivity index (χ4v) is 2.37. The Hall–Kier alpha value is -0.870. The van der Waals surface area contributed by atoms with Gasteiger partial charge in [0, 0.05) is 24.7 Å². The third-order valence-corrected chi connectivity index (χ3v) is 3.51. The van der Waals surface area contributed by atoms with Crippen molar-refractivity contribution in [1.29, 1.82) is 0 Å². The molecule has 0 saturated carbocycles. The van der Waals surface area contributed by atoms with Crippen molar-refractivity contribution in [3.05, 3.63) is 17.5 Å². The summed E-state index contributed by atoms with van der Waals surface area (Å²) in [5.41, 5.74) is 1.01. The second-order valence-electron chi connectivity index (χ2n) is 5.21. The number of nitrogens with one attached hydrogen (secondary N) is 1. The molecule has 2 heterocycles. The lowest BCUT2D eigenvalue weighted by molar-refractivity contribution is 0.160. The molecule has 1 aromatic heterocycles. The van der Waals surface area contributed by atoms with Gasteiger partial charge in [-0.05, 0) is 46.7 Å². The average molecular weight is 237 g/mol. The van der Waals surface area contributed by atoms with Gasteiger partial charge in [0.15, 0.2) is 0 Å². The fraction of sp³-hybridized carbons (Fsp3) is 0.769. The van der Waals surface area contributed by atoms with Crippen molar-refractivity contribution < 1.29 is 4.52 Å². The van der Waals surface area contributed by atoms with Crippen molar-refractivity contribution in [3.63, 3.8) is 0 Å². The number of aromatic nitrogens is 1. The van der Waals surface area contributed by atoms with Crippen LogP contribution in [0.25, 0.3) is 0 Å². The van der Waals surface area contributed by atoms with Crippen LogP contribution in [0, 0.1) is 6.92 Å². The normalized spacial score (nSPS) is 19.1. The Morgan fingerprint density at radius 1 is 1.47 bits per heavy atom. The summed E-state index contributed by atoms with van der Waals surface area (Å²) in [7, 11) is 0. The number of aryl methyl sites for hydroxylation is 1. The monoisotopic (exact) mass is 237 g/mol. The summed E-state index contributed by atoms with van der Waals surface area (Å²) < 4.78 is 5.05. The summed E-state index contributed by atoms with van der Waals surface area (Å²) in [6, 6.07) is 3.30. The first-order valence-corrected chi connectivity index (χ1v) is 6.55. The van der Waals surface area contributed by atoms with E-state index in [0.717, 1.165) is 18.0 Å². The number of hydrogen-bond donors (Lipinski definition) is 1. The average Bonchev–Trinajstić information content (AvgIpc) is 2.73. The molecule has 1 N–H and O–H groups in total. The van der Waals surface area contributed by atoms with Gasteiger partial charge in [0.25, 0.3) is 0 Å². The van der Waals surface area contributed by atoms with Crippen LogP contribution < -0.4 is 5.32 Å². The molecule has 0 spiro atoms. The summed E-state index contributed by atoms with van der Waals surface area (Å²) in [6.07, 6.45) is 2.46. The molecular weight excluding hydrogens is 214 g/mol. The molecular formula is C13H23N3O. The molecule has 1 saturated heterocycles. The predicted octanol–water partition coefficient (Wildman–Crippen LogP) is 1.95. The molecule has 1 fully saturated rings. The zero-order valence-corrected chi connectivity index (χ0v) is 11.1. The van der Waals surface area contributed by atoms with E-state index in [2.05, 4.69) is 29.2 Å². The van der Waals surface area contributed by atoms with Crippen LogP contribution in [0.2, 0.25) is 0 Å². The van der Waals surface area contributed by atoms with Crippen molar-refractivity contribution in [3.8, 4) is 0 Å². The Kier molecular flexibility index (Phi) is 4.18. The van der Waals surface area contributed by atoms with E-state index in [1.54, 1.807) is 0 Å². The number of piperidine rings is 1. The van der Waals surface area contributed by atoms with Gasteiger partial charge < -0.3 is 14.7 Å². The molecule has 0 amide bonds. The molecule has 1 aliphatic heterocycles. The molecule has 0 aliphatic carbocycles. The van der Waals surface area contributed by atoms with Gasteiger partial charge in [0.1, 0.15) is 5.76 Å². The molecule has 1 aromatic rings. The molecule has 0 atom stereocenters. The quantitative estimate of drug-likeness (QED) is 0.869. The molecule has 17 heavy (non-hydrogen) atoms. The minimum absolute atomic E-state index is 0.627. The first-order valence-electron chi connectivity index (χ1n) is 6.55. The summed E-state index contributed by atoms with van der Waals surface area (Å²) in [5, 5.41) is 7.56. The first kappa shape index (κ1) is 12.6. The minimum Gasteiger partial charge on any atom is -0.361 e. The largest absolute Gasteiger partial charge is 0.361 e. The van der Waals surface area contributed by atoms with E-state index in [1.165, 1.54) is 25.9 Å². The molecule has 4 nitrogen and oxygen atoms in total. The van der Waals surface area contributed by atoms with E-state index in [1.807, 2.05) is 13.0 Å². The predicted molar refractivity (Wildman–Crippen MR) is 67.8 cm³/mol. The van der Waals surface area contributed by atoms with Gasteiger partial charge in [-0.1, -0.05) is 5.16 Å². The van der Waals surface area contributed by atoms with Gasteiger partial charge in [-0.25, -0.2) is 0 Å². The van der Waals surface area contributed by atoms with E-state index >= 15 is 0 Å². The van der Waals surface area contributed by atoms with Crippen molar-refractivity contribution in [2.45, 2.75) is 52.2 Å². The third-order valence-electron chi connectivity index (χ3n) is 3.51. The van der Waals surface area contributed by atoms with E-state index < -0.39 is 0 Å². The standard InChI is InChI=1S/C13H23N3O/c1-10(2)16-6-4-12(5-7-16)14-9-13-8-11(3)17-15-13/h8,10,12,14H,4-7,9H2,1-3H3. The minimum atomic E-state index is 0.627. The lowest BCUT2D eigenvalue weighted by atomic mass is 10.0. The maximum Gasteiger partial charge on any atom is 0.133 e. The maximum absolute atomic E-state index is 5.05. The van der Waals surface area contributed by atoms with Gasteiger partial charge in [0.2, 0.25) is 0 Å². The maximum atomic E-state index is 5.05. The molecule has 1 aliphatic rings. The zero-order chi connectivity index (χ0) is 12.3. The number of likely N-dealkylation sites (tertiary alicyclic amines) is 1. The van der Waals surface area contributed by atoms with Crippen LogP contribution in [0.15, 0.2) is 10.6 Å². The topological polar surface area (TPSA) is 41.3 Å². The van der Waals surface area contributed by atoms with E-state index in [4.69, 9.17) is 4.52 Å². The Bertz CT molecular complexity index is 340. The fourth-order valence-electron chi connectivity index (χ4n) is 2.37. The highest BCUT2D eigenvalue weighted by Gasteiger charge is 2.20. The summed E-state index contributed by atoms with van der Waals surface area (Å²) in [4.78, 5) is 2.54. The van der Waals surface area contributed by atoms with Crippen LogP contribution in [0.1, 0.15) is 38.1 Å². The van der Waals surface area contributed by atoms with Crippen LogP contribution in [-0.4, -0.2) is 35.2 Å². The first-order chi connectivity index (χ1) is 8.15. The highest BCUT2D eigenvalue weighted by Crippen LogP contribution is 2.13. The molecule has 96 valence electrons. The summed E-state index contributed by atoms with van der Waals surface area (Å²) in [5.74, 6) is 0.886. The lowest BCUT2D eigenvalue weighted by Gasteiger charge is -2.34. The van der Waals surface area contributed by atoms with Gasteiger partial charge in [-0.15, -0.1) is 0 Å². The van der Waals surface area contributed by atoms with E-state index in [-0.39, 0.29) is 0 Å². The highest BCUT2D eigenvalue weighted by molar-refractivity contribution is 5.03. The van der Waals surface area contributed by atoms with Gasteiger partial charge in [-0.3, -0.25) is 0 Å². The number of nitrogens with zero attached hydrogens (tertiary/aromatic N) is 2. The van der Waals surface area contributed by atoms with Crippen LogP contribution in [0.4, 0.5) is 0 Å². The van der Waals surface area contributed by atoms with Crippen molar-refractivity contribution >= 4 is 0 Å². The molecule has 2 rings (SSSR count). The van der Waals surface area contributed by atoms with Crippen LogP contribution >= 0.6 is 0 Å². The number of rotatable bonds is 4. The van der Waals surface area contributed by atoms with Crippen molar-refractivity contribution in [1.82, 2.24) is 15.4 Å². The molecule has 0 unspecified atom stereocenters. The van der Waals surface area contributed by atoms with E-state index in [0.29, 0.717) is 12.1 Å². The van der Waals surface area contributed by atoms with Crippen LogP contribution in [-0.2, 0) is 6.54 Å². The Morgan fingerprint density at radius 3 is 2.71 bits per heavy atom. The molecule has 0 bridgehead atoms. The summed E-state index contributed by atoms with van der Waals surface area (Å²) in [6.45, 7) is 9.69. The lowest BCUT2D eigenvalue weighted by Crippen LogP contribution is -2.44. The van der Waals surface area contributed by atoms with Gasteiger partial charge >= 0.3 is 0 Å². The molecule has 0 radical (unpaired) electrons. The smallest absolute Gasteiger partial charge is 0.133 e. The summed E-state index contributed by atoms with van der Waals surface area (Å²) >= 11 is 0. The highest BCUT2D eigenvalue weighted by atomic mass is 16.5. The van der Waals surface area contributed by atoms with Crippen LogP contribution in [0.5, 0.6) is 0 Å². The van der Waals surface area contributed by atoms with E-state index in [9.17, 15) is 0 Å². The number of hydrogen-bond acceptors (Lipinski definition) is 4. The zero-order valence-electron chi connectivity index (χ0n) is 11.1. The van der Waals surface area contributed by atoms with Crippen molar-refractivity contribution in [2.24, 2.45) is 0 Å². The SMILES string of the molecule is Cc1cc(CNC2CCN(C(C)C)CC2)no1. The van der Waals surface area contributed by atoms with Crippen molar-refractivity contribution in [2.75, 3.05) is 13.1 Å². The van der Waals surface area contributed by atoms with Gasteiger partial charge in [0.05, 0.1) is 5.69 Å². The Labute approximate surface area is 103 Å². The second kappa shape index (κ2) is 5.65. The second-order valence-corrected chi connectivity index (χ2v) is 5.21.